The first-order chi connectivity index (χ1) is 16.5. The molecule has 2 aromatic heterocycles. The molecule has 5 bridgehead atoms. The van der Waals surface area contributed by atoms with Crippen LogP contribution >= 0.6 is 27.5 Å². The zero-order valence-electron chi connectivity index (χ0n) is 18.7. The lowest BCUT2D eigenvalue weighted by atomic mass is 9.24. The van der Waals surface area contributed by atoms with Crippen molar-refractivity contribution in [1.82, 2.24) is 25.2 Å². The molecule has 7 nitrogen and oxygen atoms in total. The highest BCUT2D eigenvalue weighted by Gasteiger charge is 2.81. The molecule has 3 N–H and O–H groups in total. The molecule has 1 aromatic carbocycles. The second-order valence-electron chi connectivity index (χ2n) is 10.5. The van der Waals surface area contributed by atoms with Gasteiger partial charge in [-0.2, -0.15) is 9.61 Å². The number of hydrogen-bond acceptors (Lipinski definition) is 4. The van der Waals surface area contributed by atoms with Gasteiger partial charge in [-0.25, -0.2) is 9.78 Å². The summed E-state index contributed by atoms with van der Waals surface area (Å²) in [6, 6.07) is 9.57. The van der Waals surface area contributed by atoms with E-state index in [0.717, 1.165) is 27.5 Å². The molecule has 1 spiro atoms. The van der Waals surface area contributed by atoms with E-state index in [1.807, 2.05) is 30.3 Å². The van der Waals surface area contributed by atoms with Crippen LogP contribution in [0, 0.1) is 23.2 Å². The average molecular weight is 542 g/mol. The van der Waals surface area contributed by atoms with E-state index in [4.69, 9.17) is 16.6 Å². The zero-order valence-corrected chi connectivity index (χ0v) is 21.0. The van der Waals surface area contributed by atoms with E-state index in [2.05, 4.69) is 37.0 Å². The Balaban J connectivity index is 1.03. The number of nitrogens with one attached hydrogen (secondary N) is 3. The maximum Gasteiger partial charge on any atom is 0.315 e. The molecule has 3 aromatic rings. The lowest BCUT2D eigenvalue weighted by molar-refractivity contribution is -0.305. The summed E-state index contributed by atoms with van der Waals surface area (Å²) in [6.07, 6.45) is 8.33. The maximum absolute atomic E-state index is 12.8. The van der Waals surface area contributed by atoms with Crippen LogP contribution in [0.1, 0.15) is 32.1 Å². The molecule has 2 heterocycles. The number of halogens is 2. The highest BCUT2D eigenvalue weighted by Crippen LogP contribution is 2.81. The van der Waals surface area contributed by atoms with Crippen molar-refractivity contribution in [2.75, 3.05) is 18.4 Å². The van der Waals surface area contributed by atoms with E-state index in [9.17, 15) is 4.79 Å². The second kappa shape index (κ2) is 7.34. The summed E-state index contributed by atoms with van der Waals surface area (Å²) in [5.74, 6) is 3.12. The predicted molar refractivity (Wildman–Crippen MR) is 135 cm³/mol. The molecular formula is C25H26BrClN6O. The summed E-state index contributed by atoms with van der Waals surface area (Å²) in [4.78, 5) is 17.6. The molecule has 2 amide bonds. The van der Waals surface area contributed by atoms with Crippen LogP contribution in [0.2, 0.25) is 5.02 Å². The van der Waals surface area contributed by atoms with Gasteiger partial charge in [0.1, 0.15) is 5.82 Å². The van der Waals surface area contributed by atoms with Crippen molar-refractivity contribution >= 4 is 45.0 Å². The summed E-state index contributed by atoms with van der Waals surface area (Å²) in [6.45, 7) is 1.08. The quantitative estimate of drug-likeness (QED) is 0.379. The van der Waals surface area contributed by atoms with Crippen LogP contribution in [-0.2, 0) is 0 Å². The van der Waals surface area contributed by atoms with Gasteiger partial charge >= 0.3 is 6.03 Å². The molecule has 0 radical (unpaired) electrons. The third kappa shape index (κ3) is 2.78. The van der Waals surface area contributed by atoms with Crippen LogP contribution in [0.15, 0.2) is 41.0 Å². The van der Waals surface area contributed by atoms with Crippen LogP contribution in [0.25, 0.3) is 16.9 Å². The predicted octanol–water partition coefficient (Wildman–Crippen LogP) is 5.10. The van der Waals surface area contributed by atoms with E-state index in [-0.39, 0.29) is 11.6 Å². The molecule has 34 heavy (non-hydrogen) atoms. The Bertz CT molecular complexity index is 1300. The standard InChI is InChI=1S/C25H26BrClN6O/c26-18-13-30-33-21(9-20(31-22(18)33)17-3-1-2-4-19(17)27)28-5-6-29-23(34)32-25-15-7-14-8-16(25)12-24(25,10-14)11-15/h1-4,9,13-16,28H,5-8,10-12H2,(H2,29,32,34)/t14?,15-,16+,24?,25?. The summed E-state index contributed by atoms with van der Waals surface area (Å²) < 4.78 is 2.56. The van der Waals surface area contributed by atoms with Crippen LogP contribution in [0.4, 0.5) is 10.6 Å². The number of carbonyl (C=O) groups is 1. The Morgan fingerprint density at radius 2 is 1.97 bits per heavy atom. The third-order valence-corrected chi connectivity index (χ3v) is 9.86. The first-order valence-corrected chi connectivity index (χ1v) is 13.3. The Hall–Kier alpha value is -2.32. The molecule has 5 atom stereocenters. The molecule has 9 heteroatoms. The van der Waals surface area contributed by atoms with Gasteiger partial charge in [0.15, 0.2) is 5.65 Å². The fraction of sp³-hybridized carbons (Fsp3) is 0.480. The second-order valence-corrected chi connectivity index (χ2v) is 11.8. The minimum absolute atomic E-state index is 0.0283. The van der Waals surface area contributed by atoms with E-state index in [0.29, 0.717) is 41.0 Å². The number of rotatable bonds is 6. The monoisotopic (exact) mass is 540 g/mol. The van der Waals surface area contributed by atoms with Gasteiger partial charge in [-0.05, 0) is 77.3 Å². The van der Waals surface area contributed by atoms with Crippen molar-refractivity contribution in [1.29, 1.82) is 0 Å². The van der Waals surface area contributed by atoms with Crippen LogP contribution in [-0.4, -0.2) is 39.3 Å². The molecule has 7 fully saturated rings. The lowest BCUT2D eigenvalue weighted by Gasteiger charge is -2.84. The Morgan fingerprint density at radius 3 is 2.74 bits per heavy atom. The summed E-state index contributed by atoms with van der Waals surface area (Å²) in [5.41, 5.74) is 2.84. The number of urea groups is 1. The number of aromatic nitrogens is 3. The van der Waals surface area contributed by atoms with Gasteiger partial charge in [-0.1, -0.05) is 29.8 Å². The normalized spacial score (nSPS) is 32.1. The summed E-state index contributed by atoms with van der Waals surface area (Å²) in [7, 11) is 0. The molecule has 7 aliphatic carbocycles. The van der Waals surface area contributed by atoms with Crippen LogP contribution < -0.4 is 16.0 Å². The first-order valence-electron chi connectivity index (χ1n) is 12.1. The highest BCUT2D eigenvalue weighted by molar-refractivity contribution is 9.10. The van der Waals surface area contributed by atoms with Gasteiger partial charge in [0, 0.05) is 29.7 Å². The number of amides is 2. The fourth-order valence-corrected chi connectivity index (χ4v) is 8.50. The molecule has 0 aliphatic heterocycles. The van der Waals surface area contributed by atoms with Gasteiger partial charge in [-0.3, -0.25) is 0 Å². The molecule has 7 saturated carbocycles. The van der Waals surface area contributed by atoms with E-state index in [1.54, 1.807) is 10.7 Å². The molecule has 3 unspecified atom stereocenters. The Kier molecular flexibility index (Phi) is 4.53. The number of fused-ring (bicyclic) bond motifs is 1. The van der Waals surface area contributed by atoms with Gasteiger partial charge in [0.2, 0.25) is 0 Å². The highest BCUT2D eigenvalue weighted by atomic mass is 79.9. The van der Waals surface area contributed by atoms with Crippen LogP contribution in [0.3, 0.4) is 0 Å². The number of hydrogen-bond donors (Lipinski definition) is 3. The smallest absolute Gasteiger partial charge is 0.315 e. The summed E-state index contributed by atoms with van der Waals surface area (Å²) in [5, 5.41) is 15.0. The lowest BCUT2D eigenvalue weighted by Crippen LogP contribution is -2.88. The van der Waals surface area contributed by atoms with E-state index < -0.39 is 0 Å². The maximum atomic E-state index is 12.8. The molecule has 0 saturated heterocycles. The van der Waals surface area contributed by atoms with Gasteiger partial charge < -0.3 is 16.0 Å². The van der Waals surface area contributed by atoms with Crippen molar-refractivity contribution in [3.05, 3.63) is 46.0 Å². The first kappa shape index (κ1) is 21.0. The molecular weight excluding hydrogens is 516 g/mol. The average Bonchev–Trinajstić information content (AvgIpc) is 3.20. The number of nitrogens with zero attached hydrogens (tertiary/aromatic N) is 3. The van der Waals surface area contributed by atoms with Crippen molar-refractivity contribution in [3.8, 4) is 11.3 Å². The summed E-state index contributed by atoms with van der Waals surface area (Å²) >= 11 is 9.95. The van der Waals surface area contributed by atoms with Gasteiger partial charge in [0.05, 0.1) is 21.9 Å². The minimum atomic E-state index is -0.0283. The van der Waals surface area contributed by atoms with Crippen molar-refractivity contribution in [2.24, 2.45) is 23.2 Å². The van der Waals surface area contributed by atoms with Crippen molar-refractivity contribution in [3.63, 3.8) is 0 Å². The minimum Gasteiger partial charge on any atom is -0.368 e. The molecule has 10 rings (SSSR count). The van der Waals surface area contributed by atoms with E-state index in [1.165, 1.54) is 32.1 Å². The topological polar surface area (TPSA) is 83.3 Å². The Morgan fingerprint density at radius 1 is 1.18 bits per heavy atom. The van der Waals surface area contributed by atoms with E-state index >= 15 is 0 Å². The third-order valence-electron chi connectivity index (χ3n) is 8.97. The molecule has 176 valence electrons. The van der Waals surface area contributed by atoms with Crippen molar-refractivity contribution in [2.45, 2.75) is 37.6 Å². The number of carbonyl (C=O) groups excluding carboxylic acids is 1. The fourth-order valence-electron chi connectivity index (χ4n) is 7.92. The molecule has 7 aliphatic rings. The number of anilines is 1. The SMILES string of the molecule is O=C(NCCNc1cc(-c2ccccc2Cl)nc2c(Br)cnn12)NC12[C@@H]3CC4C[C@H]1CC2(C4)C3. The zero-order chi connectivity index (χ0) is 23.1. The Labute approximate surface area is 211 Å². The number of benzene rings is 1. The van der Waals surface area contributed by atoms with Gasteiger partial charge in [0.25, 0.3) is 0 Å². The van der Waals surface area contributed by atoms with Crippen molar-refractivity contribution < 1.29 is 4.79 Å². The van der Waals surface area contributed by atoms with Crippen LogP contribution in [0.5, 0.6) is 0 Å². The largest absolute Gasteiger partial charge is 0.368 e. The van der Waals surface area contributed by atoms with Gasteiger partial charge in [-0.15, -0.1) is 0 Å².